The maximum absolute atomic E-state index is 11.6. The van der Waals surface area contributed by atoms with Gasteiger partial charge in [-0.1, -0.05) is 29.8 Å². The van der Waals surface area contributed by atoms with Crippen molar-refractivity contribution in [3.8, 4) is 0 Å². The molecule has 21 heavy (non-hydrogen) atoms. The van der Waals surface area contributed by atoms with E-state index < -0.39 is 11.8 Å². The number of nitrogens with one attached hydrogen (secondary N) is 3. The van der Waals surface area contributed by atoms with Crippen molar-refractivity contribution in [3.05, 3.63) is 58.9 Å². The first-order chi connectivity index (χ1) is 10.0. The molecule has 0 radical (unpaired) electrons. The number of H-pyrrole nitrogens is 1. The van der Waals surface area contributed by atoms with Gasteiger partial charge in [-0.15, -0.1) is 0 Å². The van der Waals surface area contributed by atoms with Gasteiger partial charge in [-0.3, -0.25) is 25.5 Å². The molecular weight excluding hydrogens is 268 g/mol. The molecule has 0 aliphatic carbocycles. The van der Waals surface area contributed by atoms with Crippen molar-refractivity contribution in [2.24, 2.45) is 0 Å². The van der Waals surface area contributed by atoms with Crippen LogP contribution in [0.3, 0.4) is 0 Å². The van der Waals surface area contributed by atoms with Crippen molar-refractivity contribution in [2.45, 2.75) is 13.8 Å². The average Bonchev–Trinajstić information content (AvgIpc) is 2.91. The fourth-order valence-corrected chi connectivity index (χ4v) is 1.61. The van der Waals surface area contributed by atoms with Crippen LogP contribution in [-0.4, -0.2) is 22.0 Å². The van der Waals surface area contributed by atoms with E-state index in [1.165, 1.54) is 6.08 Å². The molecule has 1 aromatic carbocycles. The van der Waals surface area contributed by atoms with Gasteiger partial charge < -0.3 is 0 Å². The Morgan fingerprint density at radius 2 is 1.86 bits per heavy atom. The minimum absolute atomic E-state index is 0.218. The highest BCUT2D eigenvalue weighted by Gasteiger charge is 2.08. The number of carbonyl (C=O) groups excluding carboxylic acids is 2. The maximum atomic E-state index is 11.6. The lowest BCUT2D eigenvalue weighted by Gasteiger charge is -2.02. The highest BCUT2D eigenvalue weighted by molar-refractivity contribution is 5.96. The van der Waals surface area contributed by atoms with Crippen LogP contribution >= 0.6 is 0 Å². The minimum Gasteiger partial charge on any atom is -0.282 e. The van der Waals surface area contributed by atoms with Gasteiger partial charge in [0, 0.05) is 11.8 Å². The summed E-state index contributed by atoms with van der Waals surface area (Å²) >= 11 is 0. The van der Waals surface area contributed by atoms with E-state index >= 15 is 0 Å². The quantitative estimate of drug-likeness (QED) is 0.589. The number of hydrazine groups is 1. The van der Waals surface area contributed by atoms with Crippen LogP contribution < -0.4 is 10.9 Å². The van der Waals surface area contributed by atoms with E-state index in [0.717, 1.165) is 16.8 Å². The highest BCUT2D eigenvalue weighted by atomic mass is 16.2. The number of aryl methyl sites for hydroxylation is 2. The molecule has 0 atom stereocenters. The van der Waals surface area contributed by atoms with Gasteiger partial charge in [-0.05, 0) is 31.6 Å². The number of benzene rings is 1. The lowest BCUT2D eigenvalue weighted by Crippen LogP contribution is -2.40. The molecule has 6 nitrogen and oxygen atoms in total. The summed E-state index contributed by atoms with van der Waals surface area (Å²) in [6, 6.07) is 9.32. The van der Waals surface area contributed by atoms with Crippen molar-refractivity contribution >= 4 is 17.9 Å². The molecular formula is C15H16N4O2. The Bertz CT molecular complexity index is 671. The third-order valence-corrected chi connectivity index (χ3v) is 2.74. The monoisotopic (exact) mass is 284 g/mol. The zero-order chi connectivity index (χ0) is 15.2. The summed E-state index contributed by atoms with van der Waals surface area (Å²) in [6.07, 6.45) is 3.01. The van der Waals surface area contributed by atoms with Crippen LogP contribution in [0.25, 0.3) is 6.08 Å². The van der Waals surface area contributed by atoms with E-state index in [1.807, 2.05) is 31.2 Å². The number of carbonyl (C=O) groups is 2. The van der Waals surface area contributed by atoms with Crippen LogP contribution in [0, 0.1) is 13.8 Å². The molecule has 2 aromatic rings. The SMILES string of the molecule is Cc1ccc(C=CC(=O)NNC(=O)c2cc(C)[nH]n2)cc1. The number of nitrogens with zero attached hydrogens (tertiary/aromatic N) is 1. The standard InChI is InChI=1S/C15H16N4O2/c1-10-3-5-12(6-4-10)7-8-14(20)18-19-15(21)13-9-11(2)16-17-13/h3-9H,1-2H3,(H,16,17)(H,18,20)(H,19,21). The Labute approximate surface area is 122 Å². The molecule has 2 amide bonds. The molecule has 0 unspecified atom stereocenters. The van der Waals surface area contributed by atoms with Crippen molar-refractivity contribution in [3.63, 3.8) is 0 Å². The zero-order valence-corrected chi connectivity index (χ0v) is 11.8. The maximum Gasteiger partial charge on any atom is 0.290 e. The lowest BCUT2D eigenvalue weighted by atomic mass is 10.1. The first-order valence-electron chi connectivity index (χ1n) is 6.41. The van der Waals surface area contributed by atoms with Gasteiger partial charge >= 0.3 is 0 Å². The molecule has 0 fully saturated rings. The second kappa shape index (κ2) is 6.51. The summed E-state index contributed by atoms with van der Waals surface area (Å²) in [5.74, 6) is -0.896. The molecule has 1 aromatic heterocycles. The van der Waals surface area contributed by atoms with Crippen molar-refractivity contribution in [1.82, 2.24) is 21.0 Å². The number of aromatic nitrogens is 2. The summed E-state index contributed by atoms with van der Waals surface area (Å²) in [6.45, 7) is 3.78. The van der Waals surface area contributed by atoms with Gasteiger partial charge in [0.1, 0.15) is 0 Å². The average molecular weight is 284 g/mol. The second-order valence-corrected chi connectivity index (χ2v) is 4.62. The fraction of sp³-hybridized carbons (Fsp3) is 0.133. The normalized spacial score (nSPS) is 10.6. The van der Waals surface area contributed by atoms with Crippen LogP contribution in [0.5, 0.6) is 0 Å². The van der Waals surface area contributed by atoms with Gasteiger partial charge in [0.15, 0.2) is 5.69 Å². The third-order valence-electron chi connectivity index (χ3n) is 2.74. The molecule has 3 N–H and O–H groups in total. The third kappa shape index (κ3) is 4.31. The Kier molecular flexibility index (Phi) is 4.50. The van der Waals surface area contributed by atoms with Crippen molar-refractivity contribution < 1.29 is 9.59 Å². The summed E-state index contributed by atoms with van der Waals surface area (Å²) < 4.78 is 0. The molecule has 1 heterocycles. The molecule has 0 saturated heterocycles. The van der Waals surface area contributed by atoms with E-state index in [1.54, 1.807) is 19.1 Å². The van der Waals surface area contributed by atoms with Gasteiger partial charge in [0.2, 0.25) is 0 Å². The largest absolute Gasteiger partial charge is 0.290 e. The summed E-state index contributed by atoms with van der Waals surface area (Å²) in [4.78, 5) is 23.2. The van der Waals surface area contributed by atoms with Crippen molar-refractivity contribution in [2.75, 3.05) is 0 Å². The van der Waals surface area contributed by atoms with Crippen LogP contribution in [0.1, 0.15) is 27.3 Å². The highest BCUT2D eigenvalue weighted by Crippen LogP contribution is 2.04. The molecule has 0 saturated carbocycles. The van der Waals surface area contributed by atoms with Gasteiger partial charge in [0.05, 0.1) is 0 Å². The zero-order valence-electron chi connectivity index (χ0n) is 11.8. The van der Waals surface area contributed by atoms with Gasteiger partial charge in [-0.2, -0.15) is 5.10 Å². The van der Waals surface area contributed by atoms with Crippen LogP contribution in [0.15, 0.2) is 36.4 Å². The van der Waals surface area contributed by atoms with E-state index in [9.17, 15) is 9.59 Å². The van der Waals surface area contributed by atoms with E-state index in [0.29, 0.717) is 0 Å². The predicted octanol–water partition coefficient (Wildman–Crippen LogP) is 1.50. The first-order valence-corrected chi connectivity index (χ1v) is 6.41. The van der Waals surface area contributed by atoms with Crippen molar-refractivity contribution in [1.29, 1.82) is 0 Å². The fourth-order valence-electron chi connectivity index (χ4n) is 1.61. The van der Waals surface area contributed by atoms with E-state index in [2.05, 4.69) is 21.0 Å². The van der Waals surface area contributed by atoms with Crippen LogP contribution in [0.4, 0.5) is 0 Å². The minimum atomic E-state index is -0.476. The number of aromatic amines is 1. The van der Waals surface area contributed by atoms with Gasteiger partial charge in [0.25, 0.3) is 11.8 Å². The predicted molar refractivity (Wildman–Crippen MR) is 79.1 cm³/mol. The Balaban J connectivity index is 1.84. The molecule has 108 valence electrons. The van der Waals surface area contributed by atoms with Crippen LogP contribution in [-0.2, 0) is 4.79 Å². The molecule has 0 spiro atoms. The first kappa shape index (κ1) is 14.5. The number of hydrogen-bond acceptors (Lipinski definition) is 3. The summed E-state index contributed by atoms with van der Waals surface area (Å²) in [5, 5.41) is 6.44. The summed E-state index contributed by atoms with van der Waals surface area (Å²) in [7, 11) is 0. The summed E-state index contributed by atoms with van der Waals surface area (Å²) in [5.41, 5.74) is 7.62. The number of rotatable bonds is 3. The topological polar surface area (TPSA) is 86.9 Å². The number of amides is 2. The lowest BCUT2D eigenvalue weighted by molar-refractivity contribution is -0.117. The van der Waals surface area contributed by atoms with E-state index in [-0.39, 0.29) is 5.69 Å². The molecule has 0 bridgehead atoms. The Hall–Kier alpha value is -2.89. The smallest absolute Gasteiger partial charge is 0.282 e. The van der Waals surface area contributed by atoms with Crippen LogP contribution in [0.2, 0.25) is 0 Å². The Morgan fingerprint density at radius 1 is 1.14 bits per heavy atom. The number of hydrogen-bond donors (Lipinski definition) is 3. The van der Waals surface area contributed by atoms with E-state index in [4.69, 9.17) is 0 Å². The molecule has 0 aliphatic rings. The second-order valence-electron chi connectivity index (χ2n) is 4.62. The Morgan fingerprint density at radius 3 is 2.48 bits per heavy atom. The van der Waals surface area contributed by atoms with Gasteiger partial charge in [-0.25, -0.2) is 0 Å². The molecule has 0 aliphatic heterocycles. The molecule has 6 heteroatoms. The molecule has 2 rings (SSSR count).